The standard InChI is InChI=1S/C15H20N4O2/c1-6-7-19(15(2,3)4)12-10-9-17-18(5)13(10)16-8-11(12)14(20)21/h6,8-9H,1,7H2,2-5H3,(H,20,21). The average Bonchev–Trinajstić information content (AvgIpc) is 2.76. The topological polar surface area (TPSA) is 71.2 Å². The molecule has 2 aromatic rings. The van der Waals surface area contributed by atoms with Crippen molar-refractivity contribution in [3.8, 4) is 0 Å². The number of anilines is 1. The summed E-state index contributed by atoms with van der Waals surface area (Å²) in [6.45, 7) is 10.4. The van der Waals surface area contributed by atoms with Crippen LogP contribution in [-0.4, -0.2) is 37.9 Å². The van der Waals surface area contributed by atoms with Crippen LogP contribution in [0.4, 0.5) is 5.69 Å². The third kappa shape index (κ3) is 2.61. The molecule has 0 spiro atoms. The van der Waals surface area contributed by atoms with Gasteiger partial charge in [0.15, 0.2) is 5.65 Å². The average molecular weight is 288 g/mol. The summed E-state index contributed by atoms with van der Waals surface area (Å²) in [7, 11) is 1.79. The van der Waals surface area contributed by atoms with Crippen LogP contribution in [-0.2, 0) is 7.05 Å². The molecule has 0 radical (unpaired) electrons. The Labute approximate surface area is 123 Å². The van der Waals surface area contributed by atoms with Gasteiger partial charge in [0.05, 0.1) is 17.3 Å². The van der Waals surface area contributed by atoms with Crippen molar-refractivity contribution in [2.45, 2.75) is 26.3 Å². The molecule has 0 aliphatic heterocycles. The van der Waals surface area contributed by atoms with E-state index in [-0.39, 0.29) is 11.1 Å². The zero-order valence-corrected chi connectivity index (χ0v) is 12.8. The Hall–Kier alpha value is -2.37. The van der Waals surface area contributed by atoms with Crippen LogP contribution in [0.3, 0.4) is 0 Å². The Kier molecular flexibility index (Phi) is 3.72. The Balaban J connectivity index is 2.81. The van der Waals surface area contributed by atoms with Crippen molar-refractivity contribution in [3.63, 3.8) is 0 Å². The number of aromatic nitrogens is 3. The molecule has 0 unspecified atom stereocenters. The molecule has 0 amide bonds. The maximum atomic E-state index is 11.6. The lowest BCUT2D eigenvalue weighted by Gasteiger charge is -2.38. The van der Waals surface area contributed by atoms with E-state index in [0.29, 0.717) is 17.9 Å². The fourth-order valence-corrected chi connectivity index (χ4v) is 2.36. The van der Waals surface area contributed by atoms with Crippen LogP contribution in [0.25, 0.3) is 11.0 Å². The third-order valence-electron chi connectivity index (χ3n) is 3.36. The molecule has 0 aromatic carbocycles. The molecular formula is C15H20N4O2. The third-order valence-corrected chi connectivity index (χ3v) is 3.36. The molecule has 21 heavy (non-hydrogen) atoms. The zero-order chi connectivity index (χ0) is 15.8. The second-order valence-corrected chi connectivity index (χ2v) is 5.90. The molecule has 0 fully saturated rings. The number of nitrogens with zero attached hydrogens (tertiary/aromatic N) is 4. The smallest absolute Gasteiger partial charge is 0.339 e. The molecule has 0 atom stereocenters. The number of hydrogen-bond donors (Lipinski definition) is 1. The zero-order valence-electron chi connectivity index (χ0n) is 12.8. The maximum Gasteiger partial charge on any atom is 0.339 e. The van der Waals surface area contributed by atoms with E-state index in [2.05, 4.69) is 16.7 Å². The number of carbonyl (C=O) groups is 1. The largest absolute Gasteiger partial charge is 0.478 e. The summed E-state index contributed by atoms with van der Waals surface area (Å²) < 4.78 is 1.64. The van der Waals surface area contributed by atoms with Gasteiger partial charge in [0.1, 0.15) is 5.56 Å². The van der Waals surface area contributed by atoms with E-state index in [0.717, 1.165) is 5.39 Å². The van der Waals surface area contributed by atoms with E-state index in [9.17, 15) is 9.90 Å². The number of pyridine rings is 1. The van der Waals surface area contributed by atoms with Gasteiger partial charge in [0.25, 0.3) is 0 Å². The predicted molar refractivity (Wildman–Crippen MR) is 82.8 cm³/mol. The molecule has 0 aliphatic rings. The molecule has 0 saturated carbocycles. The Bertz CT molecular complexity index is 697. The van der Waals surface area contributed by atoms with Gasteiger partial charge in [-0.2, -0.15) is 5.10 Å². The van der Waals surface area contributed by atoms with Gasteiger partial charge in [0, 0.05) is 25.3 Å². The monoisotopic (exact) mass is 288 g/mol. The molecule has 2 heterocycles. The van der Waals surface area contributed by atoms with Gasteiger partial charge < -0.3 is 10.0 Å². The molecule has 112 valence electrons. The second-order valence-electron chi connectivity index (χ2n) is 5.90. The summed E-state index contributed by atoms with van der Waals surface area (Å²) >= 11 is 0. The van der Waals surface area contributed by atoms with Crippen LogP contribution in [0.2, 0.25) is 0 Å². The molecule has 6 nitrogen and oxygen atoms in total. The lowest BCUT2D eigenvalue weighted by Crippen LogP contribution is -2.42. The lowest BCUT2D eigenvalue weighted by atomic mass is 10.0. The van der Waals surface area contributed by atoms with E-state index in [1.54, 1.807) is 24.0 Å². The molecular weight excluding hydrogens is 268 g/mol. The minimum Gasteiger partial charge on any atom is -0.478 e. The summed E-state index contributed by atoms with van der Waals surface area (Å²) in [4.78, 5) is 17.8. The predicted octanol–water partition coefficient (Wildman–Crippen LogP) is 2.46. The van der Waals surface area contributed by atoms with Crippen LogP contribution < -0.4 is 4.90 Å². The Morgan fingerprint density at radius 2 is 2.14 bits per heavy atom. The molecule has 0 aliphatic carbocycles. The summed E-state index contributed by atoms with van der Waals surface area (Å²) in [5, 5.41) is 14.4. The number of aryl methyl sites for hydroxylation is 1. The number of hydrogen-bond acceptors (Lipinski definition) is 4. The SMILES string of the molecule is C=CCN(c1c(C(=O)O)cnc2c1cnn2C)C(C)(C)C. The molecule has 0 saturated heterocycles. The Morgan fingerprint density at radius 1 is 1.48 bits per heavy atom. The van der Waals surface area contributed by atoms with Gasteiger partial charge in [-0.3, -0.25) is 4.68 Å². The van der Waals surface area contributed by atoms with Crippen LogP contribution in [0.5, 0.6) is 0 Å². The number of carboxylic acids is 1. The van der Waals surface area contributed by atoms with Gasteiger partial charge in [-0.1, -0.05) is 6.08 Å². The van der Waals surface area contributed by atoms with Crippen LogP contribution in [0.1, 0.15) is 31.1 Å². The Morgan fingerprint density at radius 3 is 2.67 bits per heavy atom. The molecule has 0 bridgehead atoms. The van der Waals surface area contributed by atoms with Crippen LogP contribution >= 0.6 is 0 Å². The van der Waals surface area contributed by atoms with Crippen molar-refractivity contribution in [1.29, 1.82) is 0 Å². The van der Waals surface area contributed by atoms with Crippen molar-refractivity contribution < 1.29 is 9.90 Å². The minimum absolute atomic E-state index is 0.173. The first-order chi connectivity index (χ1) is 9.77. The quantitative estimate of drug-likeness (QED) is 0.875. The van der Waals surface area contributed by atoms with Gasteiger partial charge in [0.2, 0.25) is 0 Å². The first-order valence-corrected chi connectivity index (χ1v) is 6.70. The fourth-order valence-electron chi connectivity index (χ4n) is 2.36. The van der Waals surface area contributed by atoms with E-state index >= 15 is 0 Å². The van der Waals surface area contributed by atoms with Crippen molar-refractivity contribution in [2.75, 3.05) is 11.4 Å². The molecule has 2 rings (SSSR count). The van der Waals surface area contributed by atoms with Crippen LogP contribution in [0.15, 0.2) is 25.0 Å². The number of aromatic carboxylic acids is 1. The van der Waals surface area contributed by atoms with Crippen molar-refractivity contribution >= 4 is 22.7 Å². The highest BCUT2D eigenvalue weighted by Gasteiger charge is 2.28. The summed E-state index contributed by atoms with van der Waals surface area (Å²) in [6.07, 6.45) is 4.81. The van der Waals surface area contributed by atoms with E-state index in [1.807, 2.05) is 25.7 Å². The normalized spacial score (nSPS) is 11.6. The highest BCUT2D eigenvalue weighted by atomic mass is 16.4. The van der Waals surface area contributed by atoms with E-state index < -0.39 is 5.97 Å². The van der Waals surface area contributed by atoms with Crippen LogP contribution in [0, 0.1) is 0 Å². The van der Waals surface area contributed by atoms with Crippen molar-refractivity contribution in [2.24, 2.45) is 7.05 Å². The summed E-state index contributed by atoms with van der Waals surface area (Å²) in [5.41, 5.74) is 1.20. The van der Waals surface area contributed by atoms with Crippen molar-refractivity contribution in [1.82, 2.24) is 14.8 Å². The maximum absolute atomic E-state index is 11.6. The molecule has 6 heteroatoms. The minimum atomic E-state index is -0.999. The summed E-state index contributed by atoms with van der Waals surface area (Å²) in [5.74, 6) is -0.999. The second kappa shape index (κ2) is 5.20. The first-order valence-electron chi connectivity index (χ1n) is 6.70. The lowest BCUT2D eigenvalue weighted by molar-refractivity contribution is 0.0697. The fraction of sp³-hybridized carbons (Fsp3) is 0.400. The highest BCUT2D eigenvalue weighted by molar-refractivity contribution is 6.04. The first kappa shape index (κ1) is 15.0. The number of rotatable bonds is 4. The molecule has 1 N–H and O–H groups in total. The highest BCUT2D eigenvalue weighted by Crippen LogP contribution is 2.33. The number of carboxylic acid groups (broad SMARTS) is 1. The van der Waals surface area contributed by atoms with Gasteiger partial charge in [-0.05, 0) is 20.8 Å². The van der Waals surface area contributed by atoms with Gasteiger partial charge in [-0.25, -0.2) is 9.78 Å². The number of fused-ring (bicyclic) bond motifs is 1. The van der Waals surface area contributed by atoms with Gasteiger partial charge >= 0.3 is 5.97 Å². The summed E-state index contributed by atoms with van der Waals surface area (Å²) in [6, 6.07) is 0. The molecule has 2 aromatic heterocycles. The van der Waals surface area contributed by atoms with E-state index in [4.69, 9.17) is 0 Å². The van der Waals surface area contributed by atoms with Gasteiger partial charge in [-0.15, -0.1) is 6.58 Å². The van der Waals surface area contributed by atoms with E-state index in [1.165, 1.54) is 6.20 Å². The van der Waals surface area contributed by atoms with Crippen molar-refractivity contribution in [3.05, 3.63) is 30.6 Å².